The van der Waals surface area contributed by atoms with Crippen molar-refractivity contribution in [1.82, 2.24) is 0 Å². The van der Waals surface area contributed by atoms with Crippen molar-refractivity contribution >= 4 is 17.2 Å². The molecule has 0 bridgehead atoms. The van der Waals surface area contributed by atoms with Gasteiger partial charge >= 0.3 is 0 Å². The molecule has 7 heteroatoms. The molecule has 0 aliphatic heterocycles. The van der Waals surface area contributed by atoms with Crippen LogP contribution >= 0.6 is 0 Å². The molecule has 0 aliphatic rings. The number of amidine groups is 1. The predicted octanol–water partition coefficient (Wildman–Crippen LogP) is 1.15. The summed E-state index contributed by atoms with van der Waals surface area (Å²) in [6, 6.07) is 4.44. The zero-order chi connectivity index (χ0) is 13.0. The summed E-state index contributed by atoms with van der Waals surface area (Å²) < 4.78 is 0. The van der Waals surface area contributed by atoms with Gasteiger partial charge in [0.2, 0.25) is 0 Å². The maximum absolute atomic E-state index is 10.9. The van der Waals surface area contributed by atoms with Crippen molar-refractivity contribution in [3.63, 3.8) is 0 Å². The van der Waals surface area contributed by atoms with E-state index in [0.29, 0.717) is 17.8 Å². The van der Waals surface area contributed by atoms with E-state index in [1.165, 1.54) is 6.07 Å². The quantitative estimate of drug-likeness (QED) is 0.269. The summed E-state index contributed by atoms with van der Waals surface area (Å²) in [5.74, 6) is -0.154. The molecule has 0 unspecified atom stereocenters. The second kappa shape index (κ2) is 5.15. The maximum Gasteiger partial charge on any atom is 0.293 e. The first-order valence-corrected chi connectivity index (χ1v) is 4.98. The Morgan fingerprint density at radius 2 is 2.29 bits per heavy atom. The molecule has 0 radical (unpaired) electrons. The molecule has 0 saturated carbocycles. The van der Waals surface area contributed by atoms with E-state index in [4.69, 9.17) is 10.9 Å². The molecule has 0 heterocycles. The zero-order valence-electron chi connectivity index (χ0n) is 9.62. The first-order valence-electron chi connectivity index (χ1n) is 4.98. The van der Waals surface area contributed by atoms with E-state index < -0.39 is 4.92 Å². The van der Waals surface area contributed by atoms with Crippen molar-refractivity contribution in [2.45, 2.75) is 6.92 Å². The molecule has 3 N–H and O–H groups in total. The number of nitrogens with two attached hydrogens (primary N) is 1. The average molecular weight is 238 g/mol. The summed E-state index contributed by atoms with van der Waals surface area (Å²) in [5.41, 5.74) is 6.12. The Bertz CT molecular complexity index is 459. The number of hydrogen-bond acceptors (Lipinski definition) is 5. The smallest absolute Gasteiger partial charge is 0.293 e. The van der Waals surface area contributed by atoms with Gasteiger partial charge in [-0.2, -0.15) is 0 Å². The minimum absolute atomic E-state index is 0.0709. The predicted molar refractivity (Wildman–Crippen MR) is 64.6 cm³/mol. The van der Waals surface area contributed by atoms with Gasteiger partial charge in [0.05, 0.1) is 4.92 Å². The number of rotatable bonds is 4. The van der Waals surface area contributed by atoms with Crippen molar-refractivity contribution in [2.75, 3.05) is 18.5 Å². The summed E-state index contributed by atoms with van der Waals surface area (Å²) in [6.45, 7) is 2.53. The number of anilines is 1. The fourth-order valence-corrected chi connectivity index (χ4v) is 1.38. The Morgan fingerprint density at radius 1 is 1.65 bits per heavy atom. The van der Waals surface area contributed by atoms with Crippen molar-refractivity contribution in [3.05, 3.63) is 33.9 Å². The SMILES string of the molecule is CCN(C)c1ccc(C(N)=NO)cc1[N+](=O)[O-]. The molecule has 0 spiro atoms. The Morgan fingerprint density at radius 3 is 2.76 bits per heavy atom. The second-order valence-electron chi connectivity index (χ2n) is 3.46. The third-order valence-electron chi connectivity index (χ3n) is 2.46. The second-order valence-corrected chi connectivity index (χ2v) is 3.46. The number of benzene rings is 1. The zero-order valence-corrected chi connectivity index (χ0v) is 9.62. The molecule has 0 amide bonds. The van der Waals surface area contributed by atoms with Gasteiger partial charge < -0.3 is 15.8 Å². The molecule has 1 aromatic rings. The third-order valence-corrected chi connectivity index (χ3v) is 2.46. The highest BCUT2D eigenvalue weighted by Gasteiger charge is 2.18. The highest BCUT2D eigenvalue weighted by Crippen LogP contribution is 2.28. The summed E-state index contributed by atoms with van der Waals surface area (Å²) in [6.07, 6.45) is 0. The van der Waals surface area contributed by atoms with Crippen LogP contribution in [0.15, 0.2) is 23.4 Å². The molecule has 17 heavy (non-hydrogen) atoms. The summed E-state index contributed by atoms with van der Waals surface area (Å²) >= 11 is 0. The van der Waals surface area contributed by atoms with E-state index in [-0.39, 0.29) is 11.5 Å². The monoisotopic (exact) mass is 238 g/mol. The van der Waals surface area contributed by atoms with Crippen LogP contribution in [0.1, 0.15) is 12.5 Å². The van der Waals surface area contributed by atoms with Gasteiger partial charge in [-0.05, 0) is 19.1 Å². The maximum atomic E-state index is 10.9. The molecule has 0 aliphatic carbocycles. The van der Waals surface area contributed by atoms with Crippen LogP contribution in [-0.4, -0.2) is 29.6 Å². The molecule has 1 rings (SSSR count). The summed E-state index contributed by atoms with van der Waals surface area (Å²) in [4.78, 5) is 12.2. The number of nitrogens with zero attached hydrogens (tertiary/aromatic N) is 3. The van der Waals surface area contributed by atoms with Crippen LogP contribution in [0.5, 0.6) is 0 Å². The fraction of sp³-hybridized carbons (Fsp3) is 0.300. The lowest BCUT2D eigenvalue weighted by Gasteiger charge is -2.16. The first-order chi connectivity index (χ1) is 8.01. The number of hydrogen-bond donors (Lipinski definition) is 2. The lowest BCUT2D eigenvalue weighted by Crippen LogP contribution is -2.18. The highest BCUT2D eigenvalue weighted by atomic mass is 16.6. The number of oxime groups is 1. The van der Waals surface area contributed by atoms with E-state index in [1.54, 1.807) is 24.1 Å². The van der Waals surface area contributed by atoms with Crippen LogP contribution in [0.4, 0.5) is 11.4 Å². The van der Waals surface area contributed by atoms with E-state index in [1.807, 2.05) is 6.92 Å². The van der Waals surface area contributed by atoms with Gasteiger partial charge in [-0.3, -0.25) is 10.1 Å². The third kappa shape index (κ3) is 2.63. The molecule has 7 nitrogen and oxygen atoms in total. The highest BCUT2D eigenvalue weighted by molar-refractivity contribution is 5.98. The lowest BCUT2D eigenvalue weighted by molar-refractivity contribution is -0.384. The van der Waals surface area contributed by atoms with Crippen LogP contribution in [0.3, 0.4) is 0 Å². The molecule has 0 fully saturated rings. The van der Waals surface area contributed by atoms with Crippen LogP contribution in [0.2, 0.25) is 0 Å². The number of nitro benzene ring substituents is 1. The number of nitro groups is 1. The topological polar surface area (TPSA) is 105 Å². The van der Waals surface area contributed by atoms with Gasteiger partial charge in [-0.15, -0.1) is 0 Å². The van der Waals surface area contributed by atoms with Crippen molar-refractivity contribution in [2.24, 2.45) is 10.9 Å². The van der Waals surface area contributed by atoms with Gasteiger partial charge in [-0.25, -0.2) is 0 Å². The molecule has 92 valence electrons. The van der Waals surface area contributed by atoms with E-state index in [9.17, 15) is 10.1 Å². The van der Waals surface area contributed by atoms with Crippen LogP contribution < -0.4 is 10.6 Å². The van der Waals surface area contributed by atoms with Gasteiger partial charge in [-0.1, -0.05) is 5.16 Å². The van der Waals surface area contributed by atoms with Crippen molar-refractivity contribution in [1.29, 1.82) is 0 Å². The molecule has 0 saturated heterocycles. The largest absolute Gasteiger partial charge is 0.409 e. The summed E-state index contributed by atoms with van der Waals surface area (Å²) in [7, 11) is 1.76. The molecule has 0 atom stereocenters. The minimum atomic E-state index is -0.490. The average Bonchev–Trinajstić information content (AvgIpc) is 2.35. The minimum Gasteiger partial charge on any atom is -0.409 e. The molecular formula is C10H14N4O3. The fourth-order valence-electron chi connectivity index (χ4n) is 1.38. The van der Waals surface area contributed by atoms with Gasteiger partial charge in [0.25, 0.3) is 5.69 Å². The van der Waals surface area contributed by atoms with Crippen LogP contribution in [-0.2, 0) is 0 Å². The Labute approximate surface area is 98.3 Å². The van der Waals surface area contributed by atoms with Crippen molar-refractivity contribution < 1.29 is 10.1 Å². The molecular weight excluding hydrogens is 224 g/mol. The standard InChI is InChI=1S/C10H14N4O3/c1-3-13(2)8-5-4-7(10(11)12-15)6-9(8)14(16)17/h4-6,15H,3H2,1-2H3,(H2,11,12). The summed E-state index contributed by atoms with van der Waals surface area (Å²) in [5, 5.41) is 22.3. The van der Waals surface area contributed by atoms with E-state index in [2.05, 4.69) is 5.16 Å². The lowest BCUT2D eigenvalue weighted by atomic mass is 10.1. The van der Waals surface area contributed by atoms with Crippen molar-refractivity contribution in [3.8, 4) is 0 Å². The normalized spacial score (nSPS) is 11.3. The van der Waals surface area contributed by atoms with Crippen LogP contribution in [0.25, 0.3) is 0 Å². The molecule has 1 aromatic carbocycles. The van der Waals surface area contributed by atoms with Gasteiger partial charge in [0.1, 0.15) is 5.69 Å². The first kappa shape index (κ1) is 12.8. The Kier molecular flexibility index (Phi) is 3.86. The Balaban J connectivity index is 3.32. The van der Waals surface area contributed by atoms with E-state index in [0.717, 1.165) is 0 Å². The Hall–Kier alpha value is -2.31. The van der Waals surface area contributed by atoms with Crippen LogP contribution in [0, 0.1) is 10.1 Å². The molecule has 0 aromatic heterocycles. The van der Waals surface area contributed by atoms with Gasteiger partial charge in [0.15, 0.2) is 5.84 Å². The van der Waals surface area contributed by atoms with Gasteiger partial charge in [0, 0.05) is 25.2 Å². The van der Waals surface area contributed by atoms with E-state index >= 15 is 0 Å².